The van der Waals surface area contributed by atoms with Gasteiger partial charge >= 0.3 is 0 Å². The molecule has 0 atom stereocenters. The van der Waals surface area contributed by atoms with Gasteiger partial charge in [0, 0.05) is 33.5 Å². The van der Waals surface area contributed by atoms with Crippen LogP contribution in [-0.2, 0) is 0 Å². The Bertz CT molecular complexity index is 2810. The molecule has 54 heavy (non-hydrogen) atoms. The summed E-state index contributed by atoms with van der Waals surface area (Å²) < 4.78 is 2.42. The van der Waals surface area contributed by atoms with Gasteiger partial charge < -0.3 is 9.47 Å². The summed E-state index contributed by atoms with van der Waals surface area (Å²) in [5.41, 5.74) is 14.0. The number of nitrogens with zero attached hydrogens (tertiary/aromatic N) is 2. The van der Waals surface area contributed by atoms with E-state index in [1.54, 1.807) is 0 Å². The zero-order valence-corrected chi connectivity index (χ0v) is 29.7. The second-order valence-electron chi connectivity index (χ2n) is 13.8. The van der Waals surface area contributed by atoms with E-state index < -0.39 is 0 Å². The Morgan fingerprint density at radius 2 is 0.815 bits per heavy atom. The third kappa shape index (κ3) is 5.62. The summed E-state index contributed by atoms with van der Waals surface area (Å²) in [5.74, 6) is 0. The van der Waals surface area contributed by atoms with Crippen LogP contribution in [-0.4, -0.2) is 4.57 Å². The van der Waals surface area contributed by atoms with E-state index in [9.17, 15) is 0 Å². The first-order valence-electron chi connectivity index (χ1n) is 18.5. The van der Waals surface area contributed by atoms with Gasteiger partial charge in [0.15, 0.2) is 0 Å². The van der Waals surface area contributed by atoms with Crippen molar-refractivity contribution in [1.82, 2.24) is 4.57 Å². The second kappa shape index (κ2) is 13.4. The molecule has 9 aromatic carbocycles. The average Bonchev–Trinajstić information content (AvgIpc) is 3.58. The van der Waals surface area contributed by atoms with Crippen LogP contribution in [0.1, 0.15) is 0 Å². The molecule has 2 heteroatoms. The van der Waals surface area contributed by atoms with Crippen molar-refractivity contribution in [3.05, 3.63) is 218 Å². The zero-order valence-electron chi connectivity index (χ0n) is 29.7. The van der Waals surface area contributed by atoms with Gasteiger partial charge in [0.2, 0.25) is 0 Å². The Balaban J connectivity index is 1.15. The minimum absolute atomic E-state index is 1.10. The van der Waals surface area contributed by atoms with E-state index in [0.29, 0.717) is 0 Å². The molecule has 0 aliphatic rings. The Labute approximate surface area is 315 Å². The number of rotatable bonds is 7. The largest absolute Gasteiger partial charge is 0.310 e. The van der Waals surface area contributed by atoms with Crippen LogP contribution < -0.4 is 4.90 Å². The molecular formula is C52H36N2. The SMILES string of the molecule is c1ccc(-c2ccc(N(c3ccc(-c4ccccc4)cc3)c3cccc(-c4cccc5c4c4cc6ccccc6cc4n5-c4ccccc4)c3)cc2)cc1. The summed E-state index contributed by atoms with van der Waals surface area (Å²) in [4.78, 5) is 2.37. The van der Waals surface area contributed by atoms with Crippen LogP contribution in [0.2, 0.25) is 0 Å². The van der Waals surface area contributed by atoms with Gasteiger partial charge in [-0.15, -0.1) is 0 Å². The lowest BCUT2D eigenvalue weighted by molar-refractivity contribution is 1.18. The molecule has 0 unspecified atom stereocenters. The van der Waals surface area contributed by atoms with Gasteiger partial charge in [0.05, 0.1) is 11.0 Å². The molecule has 0 radical (unpaired) electrons. The Morgan fingerprint density at radius 3 is 1.43 bits per heavy atom. The van der Waals surface area contributed by atoms with Gasteiger partial charge in [-0.3, -0.25) is 0 Å². The molecule has 0 aliphatic carbocycles. The Hall–Kier alpha value is -7.16. The van der Waals surface area contributed by atoms with E-state index >= 15 is 0 Å². The molecule has 0 bridgehead atoms. The van der Waals surface area contributed by atoms with Crippen molar-refractivity contribution in [2.45, 2.75) is 0 Å². The third-order valence-corrected chi connectivity index (χ3v) is 10.6. The number of para-hydroxylation sites is 1. The van der Waals surface area contributed by atoms with E-state index in [2.05, 4.69) is 228 Å². The first-order valence-corrected chi connectivity index (χ1v) is 18.5. The lowest BCUT2D eigenvalue weighted by Crippen LogP contribution is -2.10. The third-order valence-electron chi connectivity index (χ3n) is 10.6. The predicted octanol–water partition coefficient (Wildman–Crippen LogP) is 14.4. The summed E-state index contributed by atoms with van der Waals surface area (Å²) in [5, 5.41) is 4.98. The van der Waals surface area contributed by atoms with E-state index in [1.165, 1.54) is 66.0 Å². The fraction of sp³-hybridized carbons (Fsp3) is 0. The maximum Gasteiger partial charge on any atom is 0.0547 e. The summed E-state index contributed by atoms with van der Waals surface area (Å²) >= 11 is 0. The molecule has 0 spiro atoms. The number of aromatic nitrogens is 1. The highest BCUT2D eigenvalue weighted by Gasteiger charge is 2.19. The van der Waals surface area contributed by atoms with Crippen molar-refractivity contribution >= 4 is 49.6 Å². The lowest BCUT2D eigenvalue weighted by Gasteiger charge is -2.26. The second-order valence-corrected chi connectivity index (χ2v) is 13.8. The summed E-state index contributed by atoms with van der Waals surface area (Å²) in [6.07, 6.45) is 0. The van der Waals surface area contributed by atoms with E-state index in [4.69, 9.17) is 0 Å². The molecule has 1 aromatic heterocycles. The van der Waals surface area contributed by atoms with E-state index in [1.807, 2.05) is 0 Å². The zero-order chi connectivity index (χ0) is 35.8. The van der Waals surface area contributed by atoms with Crippen molar-refractivity contribution in [2.75, 3.05) is 4.90 Å². The average molecular weight is 689 g/mol. The van der Waals surface area contributed by atoms with Crippen molar-refractivity contribution in [3.63, 3.8) is 0 Å². The van der Waals surface area contributed by atoms with Gasteiger partial charge in [-0.2, -0.15) is 0 Å². The van der Waals surface area contributed by atoms with Gasteiger partial charge in [-0.25, -0.2) is 0 Å². The quantitative estimate of drug-likeness (QED) is 0.162. The number of benzene rings is 9. The molecule has 10 rings (SSSR count). The minimum Gasteiger partial charge on any atom is -0.310 e. The van der Waals surface area contributed by atoms with Gasteiger partial charge in [0.1, 0.15) is 0 Å². The van der Waals surface area contributed by atoms with E-state index in [-0.39, 0.29) is 0 Å². The lowest BCUT2D eigenvalue weighted by atomic mass is 9.97. The standard InChI is InChI=1S/C52H36N2/c1-4-14-37(15-5-1)39-26-30-45(31-27-39)53(46-32-28-40(29-33-46)38-16-6-2-7-17-38)47-23-12-20-43(34-47)48-24-13-25-50-52(48)49-35-41-18-10-11-19-42(41)36-51(49)54(50)44-21-8-3-9-22-44/h1-36H. The molecule has 10 aromatic rings. The Morgan fingerprint density at radius 1 is 0.315 bits per heavy atom. The van der Waals surface area contributed by atoms with Crippen molar-refractivity contribution in [2.24, 2.45) is 0 Å². The highest BCUT2D eigenvalue weighted by Crippen LogP contribution is 2.43. The van der Waals surface area contributed by atoms with Crippen molar-refractivity contribution in [1.29, 1.82) is 0 Å². The van der Waals surface area contributed by atoms with Crippen LogP contribution >= 0.6 is 0 Å². The highest BCUT2D eigenvalue weighted by molar-refractivity contribution is 6.18. The number of hydrogen-bond donors (Lipinski definition) is 0. The number of anilines is 3. The Kier molecular flexibility index (Phi) is 7.85. The molecule has 254 valence electrons. The van der Waals surface area contributed by atoms with Gasteiger partial charge in [-0.05, 0) is 111 Å². The fourth-order valence-corrected chi connectivity index (χ4v) is 7.98. The molecular weight excluding hydrogens is 653 g/mol. The van der Waals surface area contributed by atoms with Gasteiger partial charge in [0.25, 0.3) is 0 Å². The van der Waals surface area contributed by atoms with Crippen LogP contribution in [0.15, 0.2) is 218 Å². The number of fused-ring (bicyclic) bond motifs is 4. The summed E-state index contributed by atoms with van der Waals surface area (Å²) in [7, 11) is 0. The first-order chi connectivity index (χ1) is 26.8. The van der Waals surface area contributed by atoms with E-state index in [0.717, 1.165) is 22.7 Å². The maximum absolute atomic E-state index is 2.42. The minimum atomic E-state index is 1.10. The van der Waals surface area contributed by atoms with Crippen molar-refractivity contribution < 1.29 is 0 Å². The fourth-order valence-electron chi connectivity index (χ4n) is 7.98. The van der Waals surface area contributed by atoms with Crippen LogP contribution in [0.5, 0.6) is 0 Å². The van der Waals surface area contributed by atoms with Crippen LogP contribution in [0.3, 0.4) is 0 Å². The van der Waals surface area contributed by atoms with Crippen LogP contribution in [0.4, 0.5) is 17.1 Å². The molecule has 0 N–H and O–H groups in total. The molecule has 0 aliphatic heterocycles. The molecule has 2 nitrogen and oxygen atoms in total. The molecule has 1 heterocycles. The normalized spacial score (nSPS) is 11.3. The van der Waals surface area contributed by atoms with Crippen LogP contribution in [0.25, 0.3) is 71.6 Å². The monoisotopic (exact) mass is 688 g/mol. The summed E-state index contributed by atoms with van der Waals surface area (Å²) in [6, 6.07) is 78.9. The number of hydrogen-bond acceptors (Lipinski definition) is 1. The van der Waals surface area contributed by atoms with Gasteiger partial charge in [-0.1, -0.05) is 152 Å². The van der Waals surface area contributed by atoms with Crippen molar-refractivity contribution in [3.8, 4) is 39.1 Å². The topological polar surface area (TPSA) is 8.17 Å². The first kappa shape index (κ1) is 31.6. The molecule has 0 saturated carbocycles. The molecule has 0 saturated heterocycles. The summed E-state index contributed by atoms with van der Waals surface area (Å²) in [6.45, 7) is 0. The smallest absolute Gasteiger partial charge is 0.0547 e. The van der Waals surface area contributed by atoms with Crippen LogP contribution in [0, 0.1) is 0 Å². The molecule has 0 amide bonds. The maximum atomic E-state index is 2.42. The highest BCUT2D eigenvalue weighted by atomic mass is 15.1. The molecule has 0 fully saturated rings. The predicted molar refractivity (Wildman–Crippen MR) is 229 cm³/mol.